The maximum atomic E-state index is 12.3. The zero-order valence-electron chi connectivity index (χ0n) is 11.9. The van der Waals surface area contributed by atoms with Gasteiger partial charge in [-0.05, 0) is 17.9 Å². The first-order valence-corrected chi connectivity index (χ1v) is 7.67. The van der Waals surface area contributed by atoms with Crippen molar-refractivity contribution in [3.63, 3.8) is 0 Å². The van der Waals surface area contributed by atoms with Gasteiger partial charge in [-0.3, -0.25) is 14.5 Å². The number of carbonyl (C=O) groups is 2. The van der Waals surface area contributed by atoms with Crippen molar-refractivity contribution in [2.75, 3.05) is 39.8 Å². The molecule has 0 saturated carbocycles. The number of piperazine rings is 1. The van der Waals surface area contributed by atoms with E-state index >= 15 is 0 Å². The third-order valence-corrected chi connectivity index (χ3v) is 4.47. The summed E-state index contributed by atoms with van der Waals surface area (Å²) in [6.45, 7) is 5.73. The molecule has 1 fully saturated rings. The number of nitrogens with zero attached hydrogens (tertiary/aromatic N) is 2. The monoisotopic (exact) mass is 296 g/mol. The van der Waals surface area contributed by atoms with E-state index in [1.165, 1.54) is 7.11 Å². The fourth-order valence-electron chi connectivity index (χ4n) is 2.28. The molecule has 0 aromatic carbocycles. The number of amides is 1. The molecule has 1 aliphatic rings. The predicted octanol–water partition coefficient (Wildman–Crippen LogP) is 1.38. The lowest BCUT2D eigenvalue weighted by Gasteiger charge is -2.34. The molecule has 0 radical (unpaired) electrons. The summed E-state index contributed by atoms with van der Waals surface area (Å²) >= 11 is 1.56. The van der Waals surface area contributed by atoms with Gasteiger partial charge in [0.15, 0.2) is 0 Å². The number of aryl methyl sites for hydroxylation is 1. The van der Waals surface area contributed by atoms with E-state index in [1.807, 2.05) is 22.6 Å². The summed E-state index contributed by atoms with van der Waals surface area (Å²) in [6.07, 6.45) is 0.411. The van der Waals surface area contributed by atoms with Crippen molar-refractivity contribution in [3.05, 3.63) is 21.9 Å². The molecule has 0 aliphatic carbocycles. The summed E-state index contributed by atoms with van der Waals surface area (Å²) in [4.78, 5) is 27.5. The molecule has 1 aliphatic heterocycles. The molecule has 1 saturated heterocycles. The van der Waals surface area contributed by atoms with Crippen molar-refractivity contribution in [3.8, 4) is 0 Å². The van der Waals surface area contributed by atoms with E-state index in [-0.39, 0.29) is 11.9 Å². The van der Waals surface area contributed by atoms with Crippen LogP contribution in [0.2, 0.25) is 0 Å². The molecule has 1 amide bonds. The van der Waals surface area contributed by atoms with Gasteiger partial charge in [0.25, 0.3) is 5.91 Å². The minimum absolute atomic E-state index is 0.122. The Balaban J connectivity index is 1.81. The quantitative estimate of drug-likeness (QED) is 0.788. The Morgan fingerprint density at radius 3 is 2.50 bits per heavy atom. The molecule has 110 valence electrons. The first-order valence-electron chi connectivity index (χ1n) is 6.73. The van der Waals surface area contributed by atoms with Crippen LogP contribution in [0.25, 0.3) is 0 Å². The van der Waals surface area contributed by atoms with Crippen molar-refractivity contribution in [2.45, 2.75) is 13.3 Å². The summed E-state index contributed by atoms with van der Waals surface area (Å²) in [6, 6.07) is 0. The van der Waals surface area contributed by atoms with Gasteiger partial charge in [0.2, 0.25) is 0 Å². The molecule has 5 nitrogen and oxygen atoms in total. The SMILES string of the molecule is COC(=O)CCN1CCN(C(=O)c2cscc2C)CC1. The number of hydrogen-bond acceptors (Lipinski definition) is 5. The van der Waals surface area contributed by atoms with Gasteiger partial charge in [-0.1, -0.05) is 0 Å². The maximum Gasteiger partial charge on any atom is 0.306 e. The Morgan fingerprint density at radius 1 is 1.25 bits per heavy atom. The largest absolute Gasteiger partial charge is 0.469 e. The molecular formula is C14H20N2O3S. The van der Waals surface area contributed by atoms with Gasteiger partial charge in [0.05, 0.1) is 19.1 Å². The van der Waals surface area contributed by atoms with Crippen LogP contribution in [-0.2, 0) is 9.53 Å². The number of hydrogen-bond donors (Lipinski definition) is 0. The minimum atomic E-state index is -0.183. The van der Waals surface area contributed by atoms with Crippen molar-refractivity contribution in [1.82, 2.24) is 9.80 Å². The van der Waals surface area contributed by atoms with Gasteiger partial charge in [-0.15, -0.1) is 0 Å². The van der Waals surface area contributed by atoms with Crippen LogP contribution in [0.5, 0.6) is 0 Å². The van der Waals surface area contributed by atoms with Crippen LogP contribution >= 0.6 is 11.3 Å². The number of ether oxygens (including phenoxy) is 1. The minimum Gasteiger partial charge on any atom is -0.469 e. The Morgan fingerprint density at radius 2 is 1.95 bits per heavy atom. The molecule has 6 heteroatoms. The molecular weight excluding hydrogens is 276 g/mol. The maximum absolute atomic E-state index is 12.3. The second-order valence-electron chi connectivity index (χ2n) is 4.93. The summed E-state index contributed by atoms with van der Waals surface area (Å²) in [5.74, 6) is -0.0613. The third kappa shape index (κ3) is 3.58. The molecule has 0 bridgehead atoms. The van der Waals surface area contributed by atoms with Gasteiger partial charge < -0.3 is 9.64 Å². The lowest BCUT2D eigenvalue weighted by molar-refractivity contribution is -0.141. The Labute approximate surface area is 123 Å². The lowest BCUT2D eigenvalue weighted by atomic mass is 10.2. The van der Waals surface area contributed by atoms with Gasteiger partial charge in [-0.25, -0.2) is 0 Å². The van der Waals surface area contributed by atoms with Crippen LogP contribution in [0, 0.1) is 6.92 Å². The van der Waals surface area contributed by atoms with E-state index < -0.39 is 0 Å². The Bertz CT molecular complexity index is 479. The predicted molar refractivity (Wildman–Crippen MR) is 78.0 cm³/mol. The zero-order valence-corrected chi connectivity index (χ0v) is 12.7. The van der Waals surface area contributed by atoms with E-state index in [1.54, 1.807) is 11.3 Å². The van der Waals surface area contributed by atoms with Gasteiger partial charge in [-0.2, -0.15) is 11.3 Å². The fraction of sp³-hybridized carbons (Fsp3) is 0.571. The first-order chi connectivity index (χ1) is 9.61. The summed E-state index contributed by atoms with van der Waals surface area (Å²) in [7, 11) is 1.40. The van der Waals surface area contributed by atoms with E-state index in [0.29, 0.717) is 13.0 Å². The number of methoxy groups -OCH3 is 1. The molecule has 1 aromatic rings. The van der Waals surface area contributed by atoms with E-state index in [2.05, 4.69) is 9.64 Å². The fourth-order valence-corrected chi connectivity index (χ4v) is 3.10. The van der Waals surface area contributed by atoms with Crippen LogP contribution in [-0.4, -0.2) is 61.5 Å². The molecule has 2 heterocycles. The van der Waals surface area contributed by atoms with Crippen LogP contribution in [0.3, 0.4) is 0 Å². The van der Waals surface area contributed by atoms with E-state index in [0.717, 1.165) is 37.3 Å². The number of esters is 1. The number of thiophene rings is 1. The van der Waals surface area contributed by atoms with Crippen molar-refractivity contribution >= 4 is 23.2 Å². The second kappa shape index (κ2) is 6.85. The Kier molecular flexibility index (Phi) is 5.14. The van der Waals surface area contributed by atoms with Gasteiger partial charge in [0, 0.05) is 38.1 Å². The van der Waals surface area contributed by atoms with Crippen LogP contribution < -0.4 is 0 Å². The van der Waals surface area contributed by atoms with E-state index in [9.17, 15) is 9.59 Å². The zero-order chi connectivity index (χ0) is 14.5. The summed E-state index contributed by atoms with van der Waals surface area (Å²) < 4.78 is 4.63. The lowest BCUT2D eigenvalue weighted by Crippen LogP contribution is -2.49. The van der Waals surface area contributed by atoms with Crippen LogP contribution in [0.15, 0.2) is 10.8 Å². The molecule has 0 N–H and O–H groups in total. The molecule has 0 unspecified atom stereocenters. The summed E-state index contributed by atoms with van der Waals surface area (Å²) in [5, 5.41) is 3.92. The molecule has 1 aromatic heterocycles. The molecule has 0 spiro atoms. The van der Waals surface area contributed by atoms with Gasteiger partial charge in [0.1, 0.15) is 0 Å². The standard InChI is InChI=1S/C14H20N2O3S/c1-11-9-20-10-12(11)14(18)16-7-5-15(6-8-16)4-3-13(17)19-2/h9-10H,3-8H2,1-2H3. The van der Waals surface area contributed by atoms with Gasteiger partial charge >= 0.3 is 5.97 Å². The highest BCUT2D eigenvalue weighted by Crippen LogP contribution is 2.17. The highest BCUT2D eigenvalue weighted by Gasteiger charge is 2.23. The molecule has 20 heavy (non-hydrogen) atoms. The van der Waals surface area contributed by atoms with Crippen molar-refractivity contribution in [2.24, 2.45) is 0 Å². The normalized spacial score (nSPS) is 16.2. The van der Waals surface area contributed by atoms with Crippen molar-refractivity contribution in [1.29, 1.82) is 0 Å². The molecule has 2 rings (SSSR count). The number of carbonyl (C=O) groups excluding carboxylic acids is 2. The first kappa shape index (κ1) is 15.0. The third-order valence-electron chi connectivity index (χ3n) is 3.61. The topological polar surface area (TPSA) is 49.9 Å². The number of rotatable bonds is 4. The Hall–Kier alpha value is -1.40. The smallest absolute Gasteiger partial charge is 0.306 e. The highest BCUT2D eigenvalue weighted by atomic mass is 32.1. The van der Waals surface area contributed by atoms with Crippen molar-refractivity contribution < 1.29 is 14.3 Å². The van der Waals surface area contributed by atoms with E-state index in [4.69, 9.17) is 0 Å². The molecule has 0 atom stereocenters. The summed E-state index contributed by atoms with van der Waals surface area (Å²) in [5.41, 5.74) is 1.87. The average Bonchev–Trinajstić information content (AvgIpc) is 2.90. The highest BCUT2D eigenvalue weighted by molar-refractivity contribution is 7.08. The van der Waals surface area contributed by atoms with Crippen LogP contribution in [0.1, 0.15) is 22.3 Å². The average molecular weight is 296 g/mol. The van der Waals surface area contributed by atoms with Crippen LogP contribution in [0.4, 0.5) is 0 Å². The second-order valence-corrected chi connectivity index (χ2v) is 5.67.